The number of carbonyl (C=O) groups excluding carboxylic acids is 1. The number of aliphatic imine (C=N–C) groups is 1. The van der Waals surface area contributed by atoms with Gasteiger partial charge in [-0.15, -0.1) is 0 Å². The molecule has 146 valence electrons. The molecule has 0 saturated heterocycles. The van der Waals surface area contributed by atoms with E-state index >= 15 is 0 Å². The van der Waals surface area contributed by atoms with Gasteiger partial charge in [-0.2, -0.15) is 0 Å². The standard InChI is InChI=1S/C23H27N3OS/c1-17-9-8-10-18(15-17)24-21(27)16-28-22-19-11-4-5-12-20(19)25-23(26-22)13-6-2-3-7-14-23/h4-5,8-12,15,25H,2-3,6-7,13-14,16H2,1H3,(H,24,27). The summed E-state index contributed by atoms with van der Waals surface area (Å²) in [4.78, 5) is 17.7. The van der Waals surface area contributed by atoms with Gasteiger partial charge in [0.2, 0.25) is 5.91 Å². The van der Waals surface area contributed by atoms with Crippen LogP contribution in [0.3, 0.4) is 0 Å². The van der Waals surface area contributed by atoms with Gasteiger partial charge in [-0.05, 0) is 56.4 Å². The van der Waals surface area contributed by atoms with Crippen LogP contribution in [0.5, 0.6) is 0 Å². The molecule has 1 heterocycles. The van der Waals surface area contributed by atoms with Crippen LogP contribution in [-0.2, 0) is 4.79 Å². The molecular formula is C23H27N3OS. The molecule has 0 radical (unpaired) electrons. The number of fused-ring (bicyclic) bond motifs is 1. The van der Waals surface area contributed by atoms with Gasteiger partial charge in [0.25, 0.3) is 0 Å². The van der Waals surface area contributed by atoms with Crippen molar-refractivity contribution < 1.29 is 4.79 Å². The average molecular weight is 394 g/mol. The van der Waals surface area contributed by atoms with Gasteiger partial charge in [0.15, 0.2) is 0 Å². The molecule has 1 saturated carbocycles. The summed E-state index contributed by atoms with van der Waals surface area (Å²) in [6, 6.07) is 16.2. The molecular weight excluding hydrogens is 366 g/mol. The summed E-state index contributed by atoms with van der Waals surface area (Å²) in [5.74, 6) is 0.362. The molecule has 5 heteroatoms. The van der Waals surface area contributed by atoms with Crippen molar-refractivity contribution in [3.05, 3.63) is 59.7 Å². The van der Waals surface area contributed by atoms with Crippen molar-refractivity contribution in [1.82, 2.24) is 0 Å². The van der Waals surface area contributed by atoms with Crippen molar-refractivity contribution in [1.29, 1.82) is 0 Å². The van der Waals surface area contributed by atoms with Crippen LogP contribution >= 0.6 is 11.8 Å². The maximum Gasteiger partial charge on any atom is 0.234 e. The molecule has 2 aromatic carbocycles. The number of nitrogens with zero attached hydrogens (tertiary/aromatic N) is 1. The minimum Gasteiger partial charge on any atom is -0.361 e. The third-order valence-corrected chi connectivity index (χ3v) is 6.40. The lowest BCUT2D eigenvalue weighted by atomic mass is 9.97. The summed E-state index contributed by atoms with van der Waals surface area (Å²) in [6.07, 6.45) is 7.07. The zero-order valence-electron chi connectivity index (χ0n) is 16.3. The van der Waals surface area contributed by atoms with Crippen LogP contribution in [0, 0.1) is 6.92 Å². The van der Waals surface area contributed by atoms with E-state index in [0.29, 0.717) is 5.75 Å². The highest BCUT2D eigenvalue weighted by Crippen LogP contribution is 2.38. The molecule has 2 aromatic rings. The first-order valence-electron chi connectivity index (χ1n) is 10.1. The summed E-state index contributed by atoms with van der Waals surface area (Å²) >= 11 is 1.54. The summed E-state index contributed by atoms with van der Waals surface area (Å²) in [7, 11) is 0. The number of anilines is 2. The zero-order chi connectivity index (χ0) is 19.4. The van der Waals surface area contributed by atoms with Gasteiger partial charge in [0.1, 0.15) is 10.7 Å². The van der Waals surface area contributed by atoms with Gasteiger partial charge in [-0.1, -0.05) is 54.9 Å². The van der Waals surface area contributed by atoms with Gasteiger partial charge in [-0.3, -0.25) is 4.79 Å². The number of benzene rings is 2. The maximum atomic E-state index is 12.5. The largest absolute Gasteiger partial charge is 0.361 e. The topological polar surface area (TPSA) is 53.5 Å². The predicted octanol–water partition coefficient (Wildman–Crippen LogP) is 5.59. The van der Waals surface area contributed by atoms with Crippen molar-refractivity contribution in [3.8, 4) is 0 Å². The van der Waals surface area contributed by atoms with Crippen LogP contribution < -0.4 is 10.6 Å². The summed E-state index contributed by atoms with van der Waals surface area (Å²) in [5, 5.41) is 7.69. The molecule has 1 amide bonds. The summed E-state index contributed by atoms with van der Waals surface area (Å²) < 4.78 is 0. The molecule has 0 aromatic heterocycles. The van der Waals surface area contributed by atoms with Gasteiger partial charge < -0.3 is 10.6 Å². The Bertz CT molecular complexity index is 885. The number of hydrogen-bond donors (Lipinski definition) is 2. The van der Waals surface area contributed by atoms with Gasteiger partial charge in [-0.25, -0.2) is 4.99 Å². The van der Waals surface area contributed by atoms with E-state index in [9.17, 15) is 4.79 Å². The maximum absolute atomic E-state index is 12.5. The minimum absolute atomic E-state index is 0.00392. The van der Waals surface area contributed by atoms with E-state index in [1.165, 1.54) is 25.7 Å². The summed E-state index contributed by atoms with van der Waals surface area (Å²) in [5.41, 5.74) is 4.02. The van der Waals surface area contributed by atoms with Crippen LogP contribution in [0.4, 0.5) is 11.4 Å². The lowest BCUT2D eigenvalue weighted by Gasteiger charge is -2.36. The lowest BCUT2D eigenvalue weighted by Crippen LogP contribution is -2.40. The molecule has 1 aliphatic carbocycles. The van der Waals surface area contributed by atoms with E-state index in [2.05, 4.69) is 28.8 Å². The fraction of sp³-hybridized carbons (Fsp3) is 0.391. The molecule has 4 nitrogen and oxygen atoms in total. The Morgan fingerprint density at radius 2 is 1.89 bits per heavy atom. The second-order valence-corrected chi connectivity index (χ2v) is 8.70. The molecule has 2 N–H and O–H groups in total. The number of carbonyl (C=O) groups is 1. The van der Waals surface area contributed by atoms with Crippen molar-refractivity contribution in [3.63, 3.8) is 0 Å². The number of rotatable bonds is 3. The quantitative estimate of drug-likeness (QED) is 0.715. The second kappa shape index (κ2) is 8.39. The Morgan fingerprint density at radius 3 is 2.68 bits per heavy atom. The SMILES string of the molecule is Cc1cccc(NC(=O)CSC2=NC3(CCCCCC3)Nc3ccccc32)c1. The Balaban J connectivity index is 1.50. The monoisotopic (exact) mass is 393 g/mol. The lowest BCUT2D eigenvalue weighted by molar-refractivity contribution is -0.113. The van der Waals surface area contributed by atoms with Crippen molar-refractivity contribution in [2.75, 3.05) is 16.4 Å². The smallest absolute Gasteiger partial charge is 0.234 e. The highest BCUT2D eigenvalue weighted by Gasteiger charge is 2.35. The number of nitrogens with one attached hydrogen (secondary N) is 2. The number of thioether (sulfide) groups is 1. The van der Waals surface area contributed by atoms with Gasteiger partial charge in [0.05, 0.1) is 5.75 Å². The highest BCUT2D eigenvalue weighted by atomic mass is 32.2. The van der Waals surface area contributed by atoms with E-state index in [1.54, 1.807) is 11.8 Å². The van der Waals surface area contributed by atoms with Gasteiger partial charge >= 0.3 is 0 Å². The van der Waals surface area contributed by atoms with E-state index in [0.717, 1.165) is 40.4 Å². The Morgan fingerprint density at radius 1 is 1.11 bits per heavy atom. The normalized spacial score (nSPS) is 17.8. The van der Waals surface area contributed by atoms with Crippen LogP contribution in [0.1, 0.15) is 49.7 Å². The predicted molar refractivity (Wildman–Crippen MR) is 119 cm³/mol. The molecule has 1 aliphatic heterocycles. The number of aryl methyl sites for hydroxylation is 1. The summed E-state index contributed by atoms with van der Waals surface area (Å²) in [6.45, 7) is 2.03. The highest BCUT2D eigenvalue weighted by molar-refractivity contribution is 8.15. The van der Waals surface area contributed by atoms with E-state index in [4.69, 9.17) is 4.99 Å². The molecule has 4 rings (SSSR count). The number of amides is 1. The number of para-hydroxylation sites is 1. The van der Waals surface area contributed by atoms with E-state index in [1.807, 2.05) is 37.3 Å². The molecule has 1 fully saturated rings. The molecule has 28 heavy (non-hydrogen) atoms. The van der Waals surface area contributed by atoms with Gasteiger partial charge in [0, 0.05) is 16.9 Å². The first-order chi connectivity index (χ1) is 13.6. The average Bonchev–Trinajstić information content (AvgIpc) is 2.91. The molecule has 0 atom stereocenters. The molecule has 0 bridgehead atoms. The Hall–Kier alpha value is -2.27. The minimum atomic E-state index is -0.208. The van der Waals surface area contributed by atoms with E-state index in [-0.39, 0.29) is 11.6 Å². The third-order valence-electron chi connectivity index (χ3n) is 5.41. The van der Waals surface area contributed by atoms with Crippen LogP contribution in [0.25, 0.3) is 0 Å². The van der Waals surface area contributed by atoms with Crippen molar-refractivity contribution in [2.45, 2.75) is 51.1 Å². The zero-order valence-corrected chi connectivity index (χ0v) is 17.1. The first kappa shape index (κ1) is 19.1. The Kier molecular flexibility index (Phi) is 5.72. The van der Waals surface area contributed by atoms with Crippen molar-refractivity contribution in [2.24, 2.45) is 4.99 Å². The van der Waals surface area contributed by atoms with E-state index < -0.39 is 0 Å². The van der Waals surface area contributed by atoms with Crippen molar-refractivity contribution >= 4 is 34.1 Å². The van der Waals surface area contributed by atoms with Crippen LogP contribution in [0.15, 0.2) is 53.5 Å². The van der Waals surface area contributed by atoms with Crippen LogP contribution in [0.2, 0.25) is 0 Å². The Labute approximate surface area is 171 Å². The molecule has 1 spiro atoms. The van der Waals surface area contributed by atoms with Crippen LogP contribution in [-0.4, -0.2) is 22.4 Å². The first-order valence-corrected chi connectivity index (χ1v) is 11.1. The second-order valence-electron chi connectivity index (χ2n) is 7.74. The number of hydrogen-bond acceptors (Lipinski definition) is 4. The molecule has 2 aliphatic rings. The third kappa shape index (κ3) is 4.41. The fourth-order valence-corrected chi connectivity index (χ4v) is 4.94. The fourth-order valence-electron chi connectivity index (χ4n) is 4.03. The molecule has 0 unspecified atom stereocenters.